The van der Waals surface area contributed by atoms with Gasteiger partial charge in [-0.15, -0.1) is 24.0 Å². The van der Waals surface area contributed by atoms with Gasteiger partial charge in [-0.25, -0.2) is 0 Å². The van der Waals surface area contributed by atoms with Gasteiger partial charge < -0.3 is 15.8 Å². The van der Waals surface area contributed by atoms with Crippen molar-refractivity contribution in [3.63, 3.8) is 0 Å². The van der Waals surface area contributed by atoms with E-state index in [1.807, 2.05) is 18.2 Å². The maximum absolute atomic E-state index is 6.09. The Morgan fingerprint density at radius 2 is 2.00 bits per heavy atom. The fraction of sp³-hybridized carbons (Fsp3) is 0.250. The second-order valence-corrected chi connectivity index (χ2v) is 6.54. The van der Waals surface area contributed by atoms with Crippen LogP contribution < -0.4 is 15.8 Å². The zero-order valence-corrected chi connectivity index (χ0v) is 18.6. The number of aliphatic imine (C=N–C) groups is 1. The van der Waals surface area contributed by atoms with Crippen molar-refractivity contribution in [2.24, 2.45) is 10.7 Å². The fourth-order valence-corrected chi connectivity index (χ4v) is 3.21. The first-order valence-corrected chi connectivity index (χ1v) is 8.82. The largest absolute Gasteiger partial charge is 0.489 e. The third-order valence-corrected chi connectivity index (χ3v) is 4.01. The first-order chi connectivity index (χ1) is 11.6. The molecular formula is C16H18BrCl2IN4O. The highest BCUT2D eigenvalue weighted by atomic mass is 127. The van der Waals surface area contributed by atoms with Gasteiger partial charge >= 0.3 is 0 Å². The first kappa shape index (κ1) is 22.3. The number of nitrogens with one attached hydrogen (secondary N) is 1. The van der Waals surface area contributed by atoms with Gasteiger partial charge in [-0.2, -0.15) is 0 Å². The Morgan fingerprint density at radius 3 is 2.64 bits per heavy atom. The summed E-state index contributed by atoms with van der Waals surface area (Å²) < 4.78 is 6.38. The van der Waals surface area contributed by atoms with Crippen molar-refractivity contribution < 1.29 is 4.74 Å². The van der Waals surface area contributed by atoms with Crippen LogP contribution in [0.15, 0.2) is 46.0 Å². The van der Waals surface area contributed by atoms with E-state index in [1.165, 1.54) is 0 Å². The molecule has 0 saturated heterocycles. The van der Waals surface area contributed by atoms with Crippen molar-refractivity contribution in [1.29, 1.82) is 0 Å². The number of pyridine rings is 1. The van der Waals surface area contributed by atoms with Crippen LogP contribution in [0.5, 0.6) is 5.75 Å². The van der Waals surface area contributed by atoms with Gasteiger partial charge in [0.05, 0.1) is 16.6 Å². The Balaban J connectivity index is 0.00000312. The molecule has 2 rings (SSSR count). The van der Waals surface area contributed by atoms with Crippen LogP contribution in [0.3, 0.4) is 0 Å². The number of benzene rings is 1. The third kappa shape index (κ3) is 7.98. The average Bonchev–Trinajstić information content (AvgIpc) is 2.54. The Labute approximate surface area is 182 Å². The van der Waals surface area contributed by atoms with E-state index in [0.717, 1.165) is 16.6 Å². The van der Waals surface area contributed by atoms with E-state index in [-0.39, 0.29) is 24.0 Å². The molecule has 0 aliphatic heterocycles. The summed E-state index contributed by atoms with van der Waals surface area (Å²) in [6.07, 6.45) is 2.50. The quantitative estimate of drug-likeness (QED) is 0.230. The molecule has 0 aliphatic rings. The molecule has 136 valence electrons. The number of guanidine groups is 1. The Morgan fingerprint density at radius 1 is 1.28 bits per heavy atom. The van der Waals surface area contributed by atoms with Crippen LogP contribution >= 0.6 is 63.1 Å². The molecule has 0 atom stereocenters. The van der Waals surface area contributed by atoms with Crippen LogP contribution in [-0.2, 0) is 6.42 Å². The monoisotopic (exact) mass is 558 g/mol. The van der Waals surface area contributed by atoms with E-state index in [1.54, 1.807) is 18.3 Å². The van der Waals surface area contributed by atoms with Crippen LogP contribution in [0.25, 0.3) is 0 Å². The van der Waals surface area contributed by atoms with Crippen LogP contribution in [0.2, 0.25) is 10.0 Å². The van der Waals surface area contributed by atoms with Crippen molar-refractivity contribution in [1.82, 2.24) is 10.3 Å². The lowest BCUT2D eigenvalue weighted by atomic mass is 10.3. The van der Waals surface area contributed by atoms with E-state index in [2.05, 4.69) is 31.2 Å². The zero-order valence-electron chi connectivity index (χ0n) is 13.2. The van der Waals surface area contributed by atoms with Crippen molar-refractivity contribution in [3.05, 3.63) is 56.7 Å². The highest BCUT2D eigenvalue weighted by Gasteiger charge is 2.08. The Hall–Kier alpha value is -0.770. The van der Waals surface area contributed by atoms with Gasteiger partial charge in [-0.3, -0.25) is 9.98 Å². The van der Waals surface area contributed by atoms with Gasteiger partial charge in [0.1, 0.15) is 6.61 Å². The molecule has 0 radical (unpaired) electrons. The predicted octanol–water partition coefficient (Wildman–Crippen LogP) is 4.29. The molecule has 0 bridgehead atoms. The lowest BCUT2D eigenvalue weighted by Gasteiger charge is -2.11. The number of hydrogen-bond acceptors (Lipinski definition) is 3. The maximum atomic E-state index is 6.09. The SMILES string of the molecule is I.NC(=NCCc1ccccn1)NCCOc1c(Cl)cc(Br)cc1Cl. The van der Waals surface area contributed by atoms with Crippen molar-refractivity contribution in [2.45, 2.75) is 6.42 Å². The number of ether oxygens (including phenoxy) is 1. The number of aromatic nitrogens is 1. The lowest BCUT2D eigenvalue weighted by molar-refractivity contribution is 0.322. The molecule has 2 aromatic rings. The zero-order chi connectivity index (χ0) is 17.4. The second-order valence-electron chi connectivity index (χ2n) is 4.81. The summed E-state index contributed by atoms with van der Waals surface area (Å²) in [5.74, 6) is 0.816. The number of rotatable bonds is 7. The standard InChI is InChI=1S/C16H17BrCl2N4O.HI/c17-11-9-13(18)15(14(19)10-11)24-8-7-23-16(20)22-6-4-12-3-1-2-5-21-12;/h1-3,5,9-10H,4,6-8H2,(H3,20,22,23);1H. The van der Waals surface area contributed by atoms with E-state index >= 15 is 0 Å². The minimum Gasteiger partial charge on any atom is -0.489 e. The van der Waals surface area contributed by atoms with Crippen LogP contribution in [0.1, 0.15) is 5.69 Å². The molecule has 0 amide bonds. The van der Waals surface area contributed by atoms with Gasteiger partial charge in [0, 0.05) is 29.3 Å². The van der Waals surface area contributed by atoms with Gasteiger partial charge in [-0.05, 0) is 24.3 Å². The summed E-state index contributed by atoms with van der Waals surface area (Å²) in [7, 11) is 0. The first-order valence-electron chi connectivity index (χ1n) is 7.27. The number of halogens is 4. The molecule has 5 nitrogen and oxygen atoms in total. The smallest absolute Gasteiger partial charge is 0.188 e. The van der Waals surface area contributed by atoms with Crippen molar-refractivity contribution in [2.75, 3.05) is 19.7 Å². The molecule has 9 heteroatoms. The molecule has 3 N–H and O–H groups in total. The van der Waals surface area contributed by atoms with Crippen LogP contribution in [-0.4, -0.2) is 30.6 Å². The van der Waals surface area contributed by atoms with Crippen LogP contribution in [0, 0.1) is 0 Å². The number of nitrogens with zero attached hydrogens (tertiary/aromatic N) is 2. The topological polar surface area (TPSA) is 72.5 Å². The number of nitrogens with two attached hydrogens (primary N) is 1. The molecular weight excluding hydrogens is 542 g/mol. The Kier molecular flexibility index (Phi) is 10.5. The van der Waals surface area contributed by atoms with Crippen molar-refractivity contribution in [3.8, 4) is 5.75 Å². The molecule has 1 heterocycles. The number of hydrogen-bond donors (Lipinski definition) is 2. The van der Waals surface area contributed by atoms with Crippen molar-refractivity contribution >= 4 is 69.1 Å². The highest BCUT2D eigenvalue weighted by molar-refractivity contribution is 14.0. The molecule has 0 unspecified atom stereocenters. The summed E-state index contributed by atoms with van der Waals surface area (Å²) >= 11 is 15.5. The van der Waals surface area contributed by atoms with E-state index in [0.29, 0.717) is 41.5 Å². The summed E-state index contributed by atoms with van der Waals surface area (Å²) in [6.45, 7) is 1.42. The second kappa shape index (κ2) is 11.8. The summed E-state index contributed by atoms with van der Waals surface area (Å²) in [6, 6.07) is 9.24. The van der Waals surface area contributed by atoms with E-state index in [4.69, 9.17) is 33.7 Å². The highest BCUT2D eigenvalue weighted by Crippen LogP contribution is 2.35. The minimum absolute atomic E-state index is 0. The third-order valence-electron chi connectivity index (χ3n) is 2.99. The van der Waals surface area contributed by atoms with Gasteiger partial charge in [-0.1, -0.05) is 45.2 Å². The minimum atomic E-state index is 0. The molecule has 25 heavy (non-hydrogen) atoms. The van der Waals surface area contributed by atoms with Gasteiger partial charge in [0.2, 0.25) is 0 Å². The summed E-state index contributed by atoms with van der Waals surface area (Å²) in [5, 5.41) is 3.88. The molecule has 0 spiro atoms. The lowest BCUT2D eigenvalue weighted by Crippen LogP contribution is -2.35. The van der Waals surface area contributed by atoms with E-state index < -0.39 is 0 Å². The Bertz CT molecular complexity index is 681. The molecule has 0 aliphatic carbocycles. The summed E-state index contributed by atoms with van der Waals surface area (Å²) in [5.41, 5.74) is 6.78. The maximum Gasteiger partial charge on any atom is 0.188 e. The summed E-state index contributed by atoms with van der Waals surface area (Å²) in [4.78, 5) is 8.47. The predicted molar refractivity (Wildman–Crippen MR) is 118 cm³/mol. The van der Waals surface area contributed by atoms with Gasteiger partial charge in [0.25, 0.3) is 0 Å². The molecule has 0 saturated carbocycles. The fourth-order valence-electron chi connectivity index (χ4n) is 1.89. The molecule has 1 aromatic heterocycles. The normalized spacial score (nSPS) is 10.9. The van der Waals surface area contributed by atoms with E-state index in [9.17, 15) is 0 Å². The molecule has 1 aromatic carbocycles. The average molecular weight is 560 g/mol. The molecule has 0 fully saturated rings. The van der Waals surface area contributed by atoms with Crippen LogP contribution in [0.4, 0.5) is 0 Å². The van der Waals surface area contributed by atoms with Gasteiger partial charge in [0.15, 0.2) is 11.7 Å².